The number of carbonyl (C=O) groups excluding carboxylic acids is 2. The standard InChI is InChI=1S/C19H27NO6/c1-6-24-17(21)19(18(22)25-7-2)14-11-15(23-5)16(26-12(3)4)10-13(14)8-9-20-19/h10-12,20H,6-9H2,1-5H3. The van der Waals surface area contributed by atoms with Gasteiger partial charge in [0.25, 0.3) is 0 Å². The Bertz CT molecular complexity index is 652. The van der Waals surface area contributed by atoms with Gasteiger partial charge in [0.15, 0.2) is 11.5 Å². The minimum atomic E-state index is -1.71. The molecule has 0 atom stereocenters. The molecule has 0 fully saturated rings. The molecule has 0 radical (unpaired) electrons. The Morgan fingerprint density at radius 3 is 2.23 bits per heavy atom. The number of hydrogen-bond donors (Lipinski definition) is 1. The molecule has 144 valence electrons. The van der Waals surface area contributed by atoms with Gasteiger partial charge in [0.05, 0.1) is 26.4 Å². The molecule has 0 saturated carbocycles. The van der Waals surface area contributed by atoms with E-state index in [1.165, 1.54) is 7.11 Å². The van der Waals surface area contributed by atoms with E-state index in [0.29, 0.717) is 30.0 Å². The van der Waals surface area contributed by atoms with Gasteiger partial charge in [-0.1, -0.05) is 0 Å². The Balaban J connectivity index is 2.64. The van der Waals surface area contributed by atoms with Gasteiger partial charge in [-0.2, -0.15) is 0 Å². The summed E-state index contributed by atoms with van der Waals surface area (Å²) in [6.07, 6.45) is 0.595. The van der Waals surface area contributed by atoms with E-state index in [4.69, 9.17) is 18.9 Å². The van der Waals surface area contributed by atoms with Gasteiger partial charge in [-0.25, -0.2) is 9.59 Å². The van der Waals surface area contributed by atoms with Crippen LogP contribution in [0.3, 0.4) is 0 Å². The second-order valence-electron chi connectivity index (χ2n) is 6.19. The van der Waals surface area contributed by atoms with Crippen LogP contribution in [0.25, 0.3) is 0 Å². The Labute approximate surface area is 153 Å². The monoisotopic (exact) mass is 365 g/mol. The molecule has 0 spiro atoms. The fourth-order valence-electron chi connectivity index (χ4n) is 3.07. The average molecular weight is 365 g/mol. The molecule has 7 nitrogen and oxygen atoms in total. The second-order valence-corrected chi connectivity index (χ2v) is 6.19. The number of methoxy groups -OCH3 is 1. The van der Waals surface area contributed by atoms with Crippen LogP contribution in [-0.4, -0.2) is 44.9 Å². The third-order valence-electron chi connectivity index (χ3n) is 4.10. The largest absolute Gasteiger partial charge is 0.493 e. The first kappa shape index (κ1) is 20.0. The highest BCUT2D eigenvalue weighted by atomic mass is 16.6. The van der Waals surface area contributed by atoms with Gasteiger partial charge in [0.1, 0.15) is 0 Å². The lowest BCUT2D eigenvalue weighted by molar-refractivity contribution is -0.167. The summed E-state index contributed by atoms with van der Waals surface area (Å²) in [6.45, 7) is 7.97. The zero-order valence-electron chi connectivity index (χ0n) is 16.0. The zero-order valence-corrected chi connectivity index (χ0v) is 16.0. The van der Waals surface area contributed by atoms with Crippen molar-refractivity contribution in [3.05, 3.63) is 23.3 Å². The van der Waals surface area contributed by atoms with E-state index < -0.39 is 17.5 Å². The molecule has 0 bridgehead atoms. The highest BCUT2D eigenvalue weighted by Gasteiger charge is 2.53. The van der Waals surface area contributed by atoms with Crippen LogP contribution in [0.5, 0.6) is 11.5 Å². The molecule has 0 unspecified atom stereocenters. The number of ether oxygens (including phenoxy) is 4. The van der Waals surface area contributed by atoms with Crippen molar-refractivity contribution in [2.45, 2.75) is 45.8 Å². The van der Waals surface area contributed by atoms with Crippen molar-refractivity contribution in [3.8, 4) is 11.5 Å². The van der Waals surface area contributed by atoms with E-state index in [-0.39, 0.29) is 19.3 Å². The Morgan fingerprint density at radius 1 is 1.12 bits per heavy atom. The van der Waals surface area contributed by atoms with Gasteiger partial charge in [-0.3, -0.25) is 5.32 Å². The van der Waals surface area contributed by atoms with Crippen molar-refractivity contribution < 1.29 is 28.5 Å². The van der Waals surface area contributed by atoms with Crippen LogP contribution in [0.4, 0.5) is 0 Å². The first-order valence-electron chi connectivity index (χ1n) is 8.88. The molecule has 7 heteroatoms. The molecule has 1 aromatic carbocycles. The topological polar surface area (TPSA) is 83.1 Å². The molecule has 0 aliphatic carbocycles. The predicted octanol–water partition coefficient (Wildman–Crippen LogP) is 1.95. The summed E-state index contributed by atoms with van der Waals surface area (Å²) in [5.74, 6) is -0.346. The predicted molar refractivity (Wildman–Crippen MR) is 95.4 cm³/mol. The van der Waals surface area contributed by atoms with Gasteiger partial charge in [-0.05, 0) is 51.8 Å². The van der Waals surface area contributed by atoms with Crippen LogP contribution < -0.4 is 14.8 Å². The third-order valence-corrected chi connectivity index (χ3v) is 4.10. The lowest BCUT2D eigenvalue weighted by atomic mass is 9.81. The highest BCUT2D eigenvalue weighted by Crippen LogP contribution is 2.39. The molecule has 2 rings (SSSR count). The van der Waals surface area contributed by atoms with Gasteiger partial charge < -0.3 is 18.9 Å². The van der Waals surface area contributed by atoms with Crippen LogP contribution in [0.2, 0.25) is 0 Å². The van der Waals surface area contributed by atoms with Crippen LogP contribution in [0, 0.1) is 0 Å². The fraction of sp³-hybridized carbons (Fsp3) is 0.579. The van der Waals surface area contributed by atoms with Crippen molar-refractivity contribution >= 4 is 11.9 Å². The number of fused-ring (bicyclic) bond motifs is 1. The molecule has 1 aliphatic rings. The smallest absolute Gasteiger partial charge is 0.342 e. The minimum absolute atomic E-state index is 0.0384. The number of esters is 2. The van der Waals surface area contributed by atoms with Crippen molar-refractivity contribution in [3.63, 3.8) is 0 Å². The van der Waals surface area contributed by atoms with Crippen LogP contribution >= 0.6 is 0 Å². The van der Waals surface area contributed by atoms with Crippen LogP contribution in [0.15, 0.2) is 12.1 Å². The summed E-state index contributed by atoms with van der Waals surface area (Å²) in [5.41, 5.74) is -0.404. The van der Waals surface area contributed by atoms with Crippen LogP contribution in [-0.2, 0) is 31.0 Å². The molecular weight excluding hydrogens is 338 g/mol. The van der Waals surface area contributed by atoms with E-state index in [1.54, 1.807) is 19.9 Å². The second kappa shape index (κ2) is 8.40. The zero-order chi connectivity index (χ0) is 19.3. The molecule has 1 N–H and O–H groups in total. The maximum absolute atomic E-state index is 12.8. The van der Waals surface area contributed by atoms with Crippen LogP contribution in [0.1, 0.15) is 38.8 Å². The van der Waals surface area contributed by atoms with Gasteiger partial charge in [-0.15, -0.1) is 0 Å². The molecular formula is C19H27NO6. The minimum Gasteiger partial charge on any atom is -0.493 e. The quantitative estimate of drug-likeness (QED) is 0.584. The molecule has 0 aromatic heterocycles. The normalized spacial score (nSPS) is 15.2. The van der Waals surface area contributed by atoms with Crippen molar-refractivity contribution in [2.24, 2.45) is 0 Å². The molecule has 1 heterocycles. The van der Waals surface area contributed by atoms with E-state index in [0.717, 1.165) is 5.56 Å². The number of benzene rings is 1. The van der Waals surface area contributed by atoms with E-state index >= 15 is 0 Å². The molecule has 0 amide bonds. The maximum atomic E-state index is 12.8. The third kappa shape index (κ3) is 3.62. The van der Waals surface area contributed by atoms with E-state index in [1.807, 2.05) is 19.9 Å². The molecule has 0 saturated heterocycles. The number of rotatable bonds is 7. The van der Waals surface area contributed by atoms with Crippen molar-refractivity contribution in [1.29, 1.82) is 0 Å². The summed E-state index contributed by atoms with van der Waals surface area (Å²) in [7, 11) is 1.52. The van der Waals surface area contributed by atoms with Crippen molar-refractivity contribution in [1.82, 2.24) is 5.32 Å². The number of nitrogens with one attached hydrogen (secondary N) is 1. The molecule has 1 aliphatic heterocycles. The highest BCUT2D eigenvalue weighted by molar-refractivity contribution is 6.06. The summed E-state index contributed by atoms with van der Waals surface area (Å²) in [6, 6.07) is 3.48. The molecule has 1 aromatic rings. The molecule has 26 heavy (non-hydrogen) atoms. The summed E-state index contributed by atoms with van der Waals surface area (Å²) in [4.78, 5) is 25.6. The summed E-state index contributed by atoms with van der Waals surface area (Å²) < 4.78 is 21.6. The lowest BCUT2D eigenvalue weighted by Gasteiger charge is -2.36. The lowest BCUT2D eigenvalue weighted by Crippen LogP contribution is -2.59. The van der Waals surface area contributed by atoms with Gasteiger partial charge in [0, 0.05) is 12.1 Å². The summed E-state index contributed by atoms with van der Waals surface area (Å²) >= 11 is 0. The SMILES string of the molecule is CCOC(=O)C1(C(=O)OCC)NCCc2cc(OC(C)C)c(OC)cc21. The Hall–Kier alpha value is -2.28. The van der Waals surface area contributed by atoms with E-state index in [9.17, 15) is 9.59 Å². The fourth-order valence-corrected chi connectivity index (χ4v) is 3.07. The number of hydrogen-bond acceptors (Lipinski definition) is 7. The first-order valence-corrected chi connectivity index (χ1v) is 8.88. The van der Waals surface area contributed by atoms with Gasteiger partial charge in [0.2, 0.25) is 5.54 Å². The van der Waals surface area contributed by atoms with E-state index in [2.05, 4.69) is 5.32 Å². The number of carbonyl (C=O) groups is 2. The Morgan fingerprint density at radius 2 is 1.73 bits per heavy atom. The maximum Gasteiger partial charge on any atom is 0.342 e. The average Bonchev–Trinajstić information content (AvgIpc) is 2.60. The van der Waals surface area contributed by atoms with Gasteiger partial charge >= 0.3 is 11.9 Å². The Kier molecular flexibility index (Phi) is 6.47. The van der Waals surface area contributed by atoms with Crippen molar-refractivity contribution in [2.75, 3.05) is 26.9 Å². The summed E-state index contributed by atoms with van der Waals surface area (Å²) in [5, 5.41) is 3.02. The first-order chi connectivity index (χ1) is 12.4.